The molecule has 0 aliphatic heterocycles. The first-order valence-corrected chi connectivity index (χ1v) is 5.60. The van der Waals surface area contributed by atoms with Gasteiger partial charge in [-0.1, -0.05) is 0 Å². The van der Waals surface area contributed by atoms with Crippen LogP contribution in [-0.4, -0.2) is 22.1 Å². The van der Waals surface area contributed by atoms with Gasteiger partial charge in [0.05, 0.1) is 4.92 Å². The molecule has 92 valence electrons. The zero-order chi connectivity index (χ0) is 12.4. The van der Waals surface area contributed by atoms with Crippen LogP contribution < -0.4 is 10.5 Å². The van der Waals surface area contributed by atoms with Crippen molar-refractivity contribution >= 4 is 5.69 Å². The van der Waals surface area contributed by atoms with Crippen LogP contribution in [0.2, 0.25) is 0 Å². The van der Waals surface area contributed by atoms with E-state index in [1.807, 2.05) is 0 Å². The van der Waals surface area contributed by atoms with Crippen molar-refractivity contribution in [3.8, 4) is 5.88 Å². The number of nitro groups is 1. The van der Waals surface area contributed by atoms with Gasteiger partial charge in [0.1, 0.15) is 6.10 Å². The molecule has 0 saturated heterocycles. The molecule has 1 aliphatic rings. The molecule has 0 spiro atoms. The lowest BCUT2D eigenvalue weighted by atomic mass is 10.3. The lowest BCUT2D eigenvalue weighted by Crippen LogP contribution is -2.19. The monoisotopic (exact) mass is 237 g/mol. The molecule has 0 amide bonds. The standard InChI is InChI=1S/C11H15N3O3/c1-7-2-5-10(14(15)16)11(13-7)17-9-4-3-8(12)6-9/h2,5,8-9H,3-4,6,12H2,1H3. The van der Waals surface area contributed by atoms with Crippen molar-refractivity contribution in [2.24, 2.45) is 5.73 Å². The molecule has 6 nitrogen and oxygen atoms in total. The number of nitrogens with zero attached hydrogens (tertiary/aromatic N) is 2. The summed E-state index contributed by atoms with van der Waals surface area (Å²) < 4.78 is 5.59. The minimum Gasteiger partial charge on any atom is -0.469 e. The second kappa shape index (κ2) is 4.67. The molecule has 2 N–H and O–H groups in total. The van der Waals surface area contributed by atoms with Crippen molar-refractivity contribution in [1.29, 1.82) is 0 Å². The molecule has 1 aliphatic carbocycles. The summed E-state index contributed by atoms with van der Waals surface area (Å²) in [6.45, 7) is 1.77. The largest absolute Gasteiger partial charge is 0.469 e. The smallest absolute Gasteiger partial charge is 0.330 e. The van der Waals surface area contributed by atoms with Crippen LogP contribution >= 0.6 is 0 Å². The van der Waals surface area contributed by atoms with Crippen LogP contribution in [0.25, 0.3) is 0 Å². The summed E-state index contributed by atoms with van der Waals surface area (Å²) in [7, 11) is 0. The Morgan fingerprint density at radius 2 is 2.29 bits per heavy atom. The minimum absolute atomic E-state index is 0.0574. The predicted molar refractivity (Wildman–Crippen MR) is 61.9 cm³/mol. The van der Waals surface area contributed by atoms with Crippen molar-refractivity contribution in [1.82, 2.24) is 4.98 Å². The van der Waals surface area contributed by atoms with Gasteiger partial charge in [-0.05, 0) is 32.3 Å². The quantitative estimate of drug-likeness (QED) is 0.636. The number of rotatable bonds is 3. The van der Waals surface area contributed by atoms with E-state index in [2.05, 4.69) is 4.98 Å². The molecule has 1 aromatic rings. The molecular formula is C11H15N3O3. The maximum atomic E-state index is 10.8. The first-order valence-electron chi connectivity index (χ1n) is 5.60. The molecule has 1 fully saturated rings. The normalized spacial score (nSPS) is 23.6. The van der Waals surface area contributed by atoms with Gasteiger partial charge in [0.25, 0.3) is 5.88 Å². The fourth-order valence-electron chi connectivity index (χ4n) is 1.99. The third kappa shape index (κ3) is 2.71. The van der Waals surface area contributed by atoms with E-state index in [0.717, 1.165) is 19.3 Å². The average Bonchev–Trinajstić information content (AvgIpc) is 2.63. The van der Waals surface area contributed by atoms with E-state index in [0.29, 0.717) is 5.69 Å². The maximum Gasteiger partial charge on any atom is 0.330 e. The Labute approximate surface area is 98.9 Å². The van der Waals surface area contributed by atoms with Crippen molar-refractivity contribution in [3.05, 3.63) is 27.9 Å². The molecule has 0 aromatic carbocycles. The molecule has 0 bridgehead atoms. The third-order valence-electron chi connectivity index (χ3n) is 2.88. The zero-order valence-corrected chi connectivity index (χ0v) is 9.63. The number of ether oxygens (including phenoxy) is 1. The summed E-state index contributed by atoms with van der Waals surface area (Å²) >= 11 is 0. The Balaban J connectivity index is 2.19. The van der Waals surface area contributed by atoms with Crippen LogP contribution in [0.3, 0.4) is 0 Å². The summed E-state index contributed by atoms with van der Waals surface area (Å²) in [5, 5.41) is 10.8. The maximum absolute atomic E-state index is 10.8. The van der Waals surface area contributed by atoms with Gasteiger partial charge in [-0.25, -0.2) is 4.98 Å². The Hall–Kier alpha value is -1.69. The van der Waals surface area contributed by atoms with Crippen LogP contribution in [0.5, 0.6) is 5.88 Å². The highest BCUT2D eigenvalue weighted by molar-refractivity contribution is 5.41. The van der Waals surface area contributed by atoms with Crippen LogP contribution in [0.15, 0.2) is 12.1 Å². The highest BCUT2D eigenvalue weighted by Crippen LogP contribution is 2.29. The minimum atomic E-state index is -0.476. The Kier molecular flexibility index (Phi) is 3.23. The number of aryl methyl sites for hydroxylation is 1. The summed E-state index contributed by atoms with van der Waals surface area (Å²) in [4.78, 5) is 14.4. The zero-order valence-electron chi connectivity index (χ0n) is 9.63. The van der Waals surface area contributed by atoms with E-state index in [1.54, 1.807) is 13.0 Å². The average molecular weight is 237 g/mol. The van der Waals surface area contributed by atoms with Crippen molar-refractivity contribution in [3.63, 3.8) is 0 Å². The van der Waals surface area contributed by atoms with Gasteiger partial charge >= 0.3 is 5.69 Å². The molecule has 0 radical (unpaired) electrons. The topological polar surface area (TPSA) is 91.3 Å². The van der Waals surface area contributed by atoms with E-state index in [-0.39, 0.29) is 23.7 Å². The van der Waals surface area contributed by atoms with Gasteiger partial charge in [-0.15, -0.1) is 0 Å². The number of pyridine rings is 1. The van der Waals surface area contributed by atoms with Crippen LogP contribution in [-0.2, 0) is 0 Å². The third-order valence-corrected chi connectivity index (χ3v) is 2.88. The van der Waals surface area contributed by atoms with E-state index in [4.69, 9.17) is 10.5 Å². The number of hydrogen-bond acceptors (Lipinski definition) is 5. The predicted octanol–water partition coefficient (Wildman–Crippen LogP) is 1.56. The Morgan fingerprint density at radius 3 is 2.88 bits per heavy atom. The molecule has 2 rings (SSSR count). The fourth-order valence-corrected chi connectivity index (χ4v) is 1.99. The first-order chi connectivity index (χ1) is 8.06. The number of aromatic nitrogens is 1. The molecule has 1 aromatic heterocycles. The van der Waals surface area contributed by atoms with Gasteiger partial charge in [-0.3, -0.25) is 10.1 Å². The Bertz CT molecular complexity index is 436. The Morgan fingerprint density at radius 1 is 1.53 bits per heavy atom. The second-order valence-electron chi connectivity index (χ2n) is 4.35. The molecule has 1 saturated carbocycles. The highest BCUT2D eigenvalue weighted by atomic mass is 16.6. The molecule has 2 atom stereocenters. The lowest BCUT2D eigenvalue weighted by molar-refractivity contribution is -0.386. The summed E-state index contributed by atoms with van der Waals surface area (Å²) in [6.07, 6.45) is 2.39. The SMILES string of the molecule is Cc1ccc([N+](=O)[O-])c(OC2CCC(N)C2)n1. The van der Waals surface area contributed by atoms with Crippen molar-refractivity contribution < 1.29 is 9.66 Å². The first kappa shape index (κ1) is 11.8. The lowest BCUT2D eigenvalue weighted by Gasteiger charge is -2.12. The highest BCUT2D eigenvalue weighted by Gasteiger charge is 2.27. The van der Waals surface area contributed by atoms with Gasteiger partial charge in [0, 0.05) is 17.8 Å². The second-order valence-corrected chi connectivity index (χ2v) is 4.35. The fraction of sp³-hybridized carbons (Fsp3) is 0.545. The molecule has 6 heteroatoms. The summed E-state index contributed by atoms with van der Waals surface area (Å²) in [5.41, 5.74) is 6.39. The van der Waals surface area contributed by atoms with Gasteiger partial charge in [0.15, 0.2) is 0 Å². The number of hydrogen-bond donors (Lipinski definition) is 1. The number of nitrogens with two attached hydrogens (primary N) is 1. The van der Waals surface area contributed by atoms with Gasteiger partial charge in [0.2, 0.25) is 0 Å². The van der Waals surface area contributed by atoms with E-state index in [9.17, 15) is 10.1 Å². The molecule has 2 unspecified atom stereocenters. The molecule has 1 heterocycles. The van der Waals surface area contributed by atoms with Crippen LogP contribution in [0.1, 0.15) is 25.0 Å². The van der Waals surface area contributed by atoms with Crippen LogP contribution in [0.4, 0.5) is 5.69 Å². The van der Waals surface area contributed by atoms with Crippen LogP contribution in [0, 0.1) is 17.0 Å². The van der Waals surface area contributed by atoms with Crippen molar-refractivity contribution in [2.45, 2.75) is 38.3 Å². The molecular weight excluding hydrogens is 222 g/mol. The van der Waals surface area contributed by atoms with E-state index in [1.165, 1.54) is 6.07 Å². The summed E-state index contributed by atoms with van der Waals surface area (Å²) in [5.74, 6) is 0.106. The van der Waals surface area contributed by atoms with Gasteiger partial charge in [-0.2, -0.15) is 0 Å². The van der Waals surface area contributed by atoms with Crippen molar-refractivity contribution in [2.75, 3.05) is 0 Å². The van der Waals surface area contributed by atoms with E-state index < -0.39 is 4.92 Å². The van der Waals surface area contributed by atoms with E-state index >= 15 is 0 Å². The summed E-state index contributed by atoms with van der Waals surface area (Å²) in [6, 6.07) is 3.15. The molecule has 17 heavy (non-hydrogen) atoms. The van der Waals surface area contributed by atoms with Gasteiger partial charge < -0.3 is 10.5 Å².